The molecule has 0 saturated heterocycles. The molecule has 6 heteroatoms. The van der Waals surface area contributed by atoms with E-state index in [0.717, 1.165) is 16.6 Å². The van der Waals surface area contributed by atoms with Crippen molar-refractivity contribution in [1.29, 1.82) is 0 Å². The summed E-state index contributed by atoms with van der Waals surface area (Å²) in [6.07, 6.45) is 3.38. The zero-order chi connectivity index (χ0) is 16.2. The molecule has 0 aliphatic heterocycles. The molecule has 2 aromatic carbocycles. The molecule has 0 aliphatic rings. The minimum Gasteiger partial charge on any atom is -0.493 e. The van der Waals surface area contributed by atoms with Gasteiger partial charge in [-0.2, -0.15) is 5.10 Å². The first kappa shape index (κ1) is 15.4. The molecule has 0 saturated carbocycles. The van der Waals surface area contributed by atoms with E-state index in [1.807, 2.05) is 37.3 Å². The molecule has 0 radical (unpaired) electrons. The number of ether oxygens (including phenoxy) is 2. The predicted octanol–water partition coefficient (Wildman–Crippen LogP) is 3.98. The Bertz CT molecular complexity index is 858. The smallest absolute Gasteiger partial charge is 0.179 e. The lowest BCUT2D eigenvalue weighted by atomic mass is 10.2. The normalized spacial score (nSPS) is 11.3. The first-order valence-electron chi connectivity index (χ1n) is 7.19. The Morgan fingerprint density at radius 2 is 2.13 bits per heavy atom. The number of fused-ring (bicyclic) bond motifs is 1. The van der Waals surface area contributed by atoms with Crippen LogP contribution in [0.4, 0.5) is 0 Å². The van der Waals surface area contributed by atoms with E-state index in [0.29, 0.717) is 23.1 Å². The average molecular weight is 330 g/mol. The highest BCUT2D eigenvalue weighted by Crippen LogP contribution is 2.36. The number of para-hydroxylation sites is 2. The predicted molar refractivity (Wildman–Crippen MR) is 91.9 cm³/mol. The molecule has 0 N–H and O–H groups in total. The summed E-state index contributed by atoms with van der Waals surface area (Å²) < 4.78 is 12.6. The van der Waals surface area contributed by atoms with Crippen molar-refractivity contribution in [2.75, 3.05) is 13.7 Å². The van der Waals surface area contributed by atoms with Gasteiger partial charge < -0.3 is 9.47 Å². The van der Waals surface area contributed by atoms with Crippen LogP contribution >= 0.6 is 11.6 Å². The van der Waals surface area contributed by atoms with Crippen molar-refractivity contribution in [3.8, 4) is 11.5 Å². The van der Waals surface area contributed by atoms with Crippen LogP contribution in [0.25, 0.3) is 11.0 Å². The van der Waals surface area contributed by atoms with Gasteiger partial charge in [0.15, 0.2) is 11.5 Å². The molecule has 0 bridgehead atoms. The van der Waals surface area contributed by atoms with Gasteiger partial charge in [-0.25, -0.2) is 9.66 Å². The summed E-state index contributed by atoms with van der Waals surface area (Å²) in [6.45, 7) is 2.42. The summed E-state index contributed by atoms with van der Waals surface area (Å²) in [6, 6.07) is 11.4. The molecule has 0 fully saturated rings. The lowest BCUT2D eigenvalue weighted by Crippen LogP contribution is -1.98. The Morgan fingerprint density at radius 3 is 2.91 bits per heavy atom. The fourth-order valence-corrected chi connectivity index (χ4v) is 2.54. The van der Waals surface area contributed by atoms with Crippen LogP contribution in [0.5, 0.6) is 11.5 Å². The Hall–Kier alpha value is -2.53. The molecule has 0 aliphatic carbocycles. The summed E-state index contributed by atoms with van der Waals surface area (Å²) in [5.74, 6) is 1.12. The largest absolute Gasteiger partial charge is 0.493 e. The van der Waals surface area contributed by atoms with Crippen LogP contribution in [0.15, 0.2) is 47.8 Å². The van der Waals surface area contributed by atoms with Gasteiger partial charge in [0.1, 0.15) is 6.33 Å². The fraction of sp³-hybridized carbons (Fsp3) is 0.176. The second-order valence-electron chi connectivity index (χ2n) is 4.79. The van der Waals surface area contributed by atoms with Crippen molar-refractivity contribution < 1.29 is 9.47 Å². The number of halogens is 1. The van der Waals surface area contributed by atoms with E-state index >= 15 is 0 Å². The Kier molecular flexibility index (Phi) is 4.48. The van der Waals surface area contributed by atoms with E-state index in [1.54, 1.807) is 30.4 Å². The molecule has 0 atom stereocenters. The second kappa shape index (κ2) is 6.71. The van der Waals surface area contributed by atoms with E-state index in [1.165, 1.54) is 0 Å². The van der Waals surface area contributed by atoms with Gasteiger partial charge in [-0.05, 0) is 36.8 Å². The van der Waals surface area contributed by atoms with Crippen LogP contribution < -0.4 is 9.47 Å². The maximum Gasteiger partial charge on any atom is 0.179 e. The number of hydrogen-bond acceptors (Lipinski definition) is 4. The van der Waals surface area contributed by atoms with Crippen molar-refractivity contribution in [3.05, 3.63) is 53.3 Å². The fourth-order valence-electron chi connectivity index (χ4n) is 2.27. The molecule has 0 amide bonds. The molecule has 5 nitrogen and oxygen atoms in total. The van der Waals surface area contributed by atoms with Crippen LogP contribution in [0.3, 0.4) is 0 Å². The highest BCUT2D eigenvalue weighted by molar-refractivity contribution is 6.32. The number of benzene rings is 2. The molecule has 1 heterocycles. The first-order valence-corrected chi connectivity index (χ1v) is 7.57. The summed E-state index contributed by atoms with van der Waals surface area (Å²) in [5.41, 5.74) is 2.65. The van der Waals surface area contributed by atoms with Crippen molar-refractivity contribution in [2.24, 2.45) is 5.10 Å². The number of methoxy groups -OCH3 is 1. The maximum absolute atomic E-state index is 6.26. The van der Waals surface area contributed by atoms with Crippen LogP contribution in [-0.2, 0) is 0 Å². The van der Waals surface area contributed by atoms with Crippen LogP contribution in [0, 0.1) is 0 Å². The maximum atomic E-state index is 6.26. The molecule has 0 spiro atoms. The van der Waals surface area contributed by atoms with Crippen LogP contribution in [0.1, 0.15) is 12.5 Å². The summed E-state index contributed by atoms with van der Waals surface area (Å²) in [5, 5.41) is 4.92. The molecule has 0 unspecified atom stereocenters. The van der Waals surface area contributed by atoms with E-state index in [4.69, 9.17) is 21.1 Å². The van der Waals surface area contributed by atoms with Gasteiger partial charge in [-0.1, -0.05) is 23.7 Å². The van der Waals surface area contributed by atoms with E-state index in [2.05, 4.69) is 10.1 Å². The van der Waals surface area contributed by atoms with Gasteiger partial charge in [-0.3, -0.25) is 0 Å². The molecule has 3 rings (SSSR count). The number of rotatable bonds is 5. The second-order valence-corrected chi connectivity index (χ2v) is 5.20. The van der Waals surface area contributed by atoms with E-state index in [-0.39, 0.29) is 0 Å². The van der Waals surface area contributed by atoms with Crippen molar-refractivity contribution in [1.82, 2.24) is 9.66 Å². The SMILES string of the molecule is CCOc1c(Cl)cc(/C=N\n2cnc3ccccc32)cc1OC. The zero-order valence-electron chi connectivity index (χ0n) is 12.9. The molecule has 3 aromatic rings. The summed E-state index contributed by atoms with van der Waals surface area (Å²) in [7, 11) is 1.58. The molecular formula is C17H16ClN3O2. The monoisotopic (exact) mass is 329 g/mol. The molecular weight excluding hydrogens is 314 g/mol. The highest BCUT2D eigenvalue weighted by atomic mass is 35.5. The van der Waals surface area contributed by atoms with Crippen LogP contribution in [0.2, 0.25) is 5.02 Å². The quantitative estimate of drug-likeness (QED) is 0.665. The summed E-state index contributed by atoms with van der Waals surface area (Å²) >= 11 is 6.26. The third kappa shape index (κ3) is 3.14. The first-order chi connectivity index (χ1) is 11.2. The van der Waals surface area contributed by atoms with Gasteiger partial charge in [0.2, 0.25) is 0 Å². The van der Waals surface area contributed by atoms with Crippen molar-refractivity contribution in [3.63, 3.8) is 0 Å². The molecule has 118 valence electrons. The summed E-state index contributed by atoms with van der Waals surface area (Å²) in [4.78, 5) is 4.30. The minimum absolute atomic E-state index is 0.489. The standard InChI is InChI=1S/C17H16ClN3O2/c1-3-23-17-13(18)8-12(9-16(17)22-2)10-20-21-11-19-14-6-4-5-7-15(14)21/h4-11H,3H2,1-2H3/b20-10-. The van der Waals surface area contributed by atoms with Crippen molar-refractivity contribution >= 4 is 28.8 Å². The Balaban J connectivity index is 1.94. The van der Waals surface area contributed by atoms with E-state index in [9.17, 15) is 0 Å². The lowest BCUT2D eigenvalue weighted by Gasteiger charge is -2.11. The van der Waals surface area contributed by atoms with Gasteiger partial charge in [-0.15, -0.1) is 0 Å². The Labute approximate surface area is 139 Å². The van der Waals surface area contributed by atoms with Gasteiger partial charge in [0.25, 0.3) is 0 Å². The molecule has 1 aromatic heterocycles. The van der Waals surface area contributed by atoms with Gasteiger partial charge >= 0.3 is 0 Å². The number of nitrogens with zero attached hydrogens (tertiary/aromatic N) is 3. The Morgan fingerprint density at radius 1 is 1.30 bits per heavy atom. The lowest BCUT2D eigenvalue weighted by molar-refractivity contribution is 0.311. The number of aromatic nitrogens is 2. The minimum atomic E-state index is 0.489. The number of imidazole rings is 1. The molecule has 23 heavy (non-hydrogen) atoms. The van der Waals surface area contributed by atoms with Gasteiger partial charge in [0, 0.05) is 0 Å². The van der Waals surface area contributed by atoms with Crippen molar-refractivity contribution in [2.45, 2.75) is 6.92 Å². The van der Waals surface area contributed by atoms with E-state index < -0.39 is 0 Å². The third-order valence-corrected chi connectivity index (χ3v) is 3.59. The third-order valence-electron chi connectivity index (χ3n) is 3.31. The number of hydrogen-bond donors (Lipinski definition) is 0. The average Bonchev–Trinajstić information content (AvgIpc) is 2.98. The van der Waals surface area contributed by atoms with Crippen LogP contribution in [-0.4, -0.2) is 29.6 Å². The zero-order valence-corrected chi connectivity index (χ0v) is 13.6. The topological polar surface area (TPSA) is 48.6 Å². The van der Waals surface area contributed by atoms with Gasteiger partial charge in [0.05, 0.1) is 36.0 Å². The highest BCUT2D eigenvalue weighted by Gasteiger charge is 2.11.